The number of rotatable bonds is 2. The van der Waals surface area contributed by atoms with E-state index in [4.69, 9.17) is 0 Å². The zero-order valence-corrected chi connectivity index (χ0v) is 32.5. The van der Waals surface area contributed by atoms with Crippen LogP contribution in [0.3, 0.4) is 0 Å². The standard InChI is InChI=1S/C21H25.2C9H11.C5H5.CH2.Zr/c1-20(2,3)16-9-7-14-11-15-8-10-17(21(4,5)6)13-19(15)18(14)12-16;2*1-8(2)9-6-4-3-5-7-9;1-2-4-5-3-1;;/h7,9-10,12-13H,11H2,1-6H3;2*3-7H,1-2H3;1-3H,4H2;1H2;/q4*-1;;. The molecule has 0 fully saturated rings. The Morgan fingerprint density at radius 2 is 1.15 bits per heavy atom. The molecular formula is C45H54Zr-4. The first kappa shape index (κ1) is 39.0. The van der Waals surface area contributed by atoms with Gasteiger partial charge < -0.3 is 0 Å². The average molecular weight is 686 g/mol. The van der Waals surface area contributed by atoms with E-state index in [0.717, 1.165) is 12.8 Å². The monoisotopic (exact) mass is 684 g/mol. The van der Waals surface area contributed by atoms with E-state index in [1.54, 1.807) is 0 Å². The van der Waals surface area contributed by atoms with Gasteiger partial charge in [-0.25, -0.2) is 12.2 Å². The van der Waals surface area contributed by atoms with Crippen molar-refractivity contribution < 1.29 is 24.2 Å². The molecule has 2 aliphatic carbocycles. The molecule has 46 heavy (non-hydrogen) atoms. The topological polar surface area (TPSA) is 0 Å². The maximum absolute atomic E-state index is 3.53. The second-order valence-corrected chi connectivity index (χ2v) is 14.1. The third kappa shape index (κ3) is 12.6. The minimum atomic E-state index is 0.177. The SMILES string of the molecule is CC(C)(C)c1c[c-]c2c(c1)-c1cc(C(C)(C)C)ccc1C2.C[C-](C)c1ccccc1.C[C-](C)c1ccccc1.[C-]1=CC=CC1.[CH2]=[Zr]. The molecule has 0 saturated heterocycles. The first-order valence-corrected chi connectivity index (χ1v) is 18.0. The molecule has 0 amide bonds. The van der Waals surface area contributed by atoms with Gasteiger partial charge >= 0.3 is 28.4 Å². The fourth-order valence-electron chi connectivity index (χ4n) is 4.87. The van der Waals surface area contributed by atoms with Crippen LogP contribution >= 0.6 is 0 Å². The Bertz CT molecular complexity index is 1390. The van der Waals surface area contributed by atoms with E-state index < -0.39 is 0 Å². The fourth-order valence-corrected chi connectivity index (χ4v) is 4.87. The molecule has 242 valence electrons. The van der Waals surface area contributed by atoms with Gasteiger partial charge in [0.25, 0.3) is 0 Å². The first-order valence-electron chi connectivity index (χ1n) is 16.2. The van der Waals surface area contributed by atoms with Crippen molar-refractivity contribution >= 4 is 4.21 Å². The molecule has 0 N–H and O–H groups in total. The molecule has 6 rings (SSSR count). The summed E-state index contributed by atoms with van der Waals surface area (Å²) in [5, 5.41) is 0. The Morgan fingerprint density at radius 3 is 1.52 bits per heavy atom. The van der Waals surface area contributed by atoms with Gasteiger partial charge in [-0.1, -0.05) is 116 Å². The summed E-state index contributed by atoms with van der Waals surface area (Å²) in [6.07, 6.45) is 11.0. The number of hydrogen-bond donors (Lipinski definition) is 0. The van der Waals surface area contributed by atoms with E-state index in [0.29, 0.717) is 0 Å². The van der Waals surface area contributed by atoms with Gasteiger partial charge in [0.1, 0.15) is 0 Å². The Morgan fingerprint density at radius 1 is 0.652 bits per heavy atom. The number of hydrogen-bond acceptors (Lipinski definition) is 0. The van der Waals surface area contributed by atoms with E-state index in [9.17, 15) is 0 Å². The van der Waals surface area contributed by atoms with Crippen LogP contribution < -0.4 is 0 Å². The predicted octanol–water partition coefficient (Wildman–Crippen LogP) is 12.2. The van der Waals surface area contributed by atoms with Gasteiger partial charge in [-0.05, 0) is 17.4 Å². The molecule has 0 saturated carbocycles. The van der Waals surface area contributed by atoms with Crippen LogP contribution in [-0.2, 0) is 41.5 Å². The number of benzene rings is 4. The second-order valence-electron chi connectivity index (χ2n) is 14.1. The molecule has 0 aromatic heterocycles. The Balaban J connectivity index is 0.000000243. The summed E-state index contributed by atoms with van der Waals surface area (Å²) in [4.78, 5) is 0. The molecular weight excluding hydrogens is 632 g/mol. The van der Waals surface area contributed by atoms with Crippen LogP contribution in [0.25, 0.3) is 11.1 Å². The molecule has 4 aromatic rings. The summed E-state index contributed by atoms with van der Waals surface area (Å²) < 4.78 is 3.34. The normalized spacial score (nSPS) is 11.9. The summed E-state index contributed by atoms with van der Waals surface area (Å²) in [6, 6.07) is 35.8. The average Bonchev–Trinajstić information content (AvgIpc) is 3.74. The van der Waals surface area contributed by atoms with Crippen molar-refractivity contribution in [3.63, 3.8) is 0 Å². The molecule has 0 atom stereocenters. The molecule has 0 aliphatic heterocycles. The van der Waals surface area contributed by atoms with E-state index in [-0.39, 0.29) is 10.8 Å². The van der Waals surface area contributed by atoms with Gasteiger partial charge in [-0.15, -0.1) is 36.2 Å². The molecule has 1 heteroatoms. The molecule has 0 radical (unpaired) electrons. The molecule has 2 aliphatic rings. The third-order valence-electron chi connectivity index (χ3n) is 7.81. The maximum atomic E-state index is 3.53. The van der Waals surface area contributed by atoms with E-state index in [1.165, 1.54) is 80.6 Å². The first-order chi connectivity index (χ1) is 21.8. The summed E-state index contributed by atoms with van der Waals surface area (Å²) >= 11 is 1.30. The van der Waals surface area contributed by atoms with E-state index in [1.807, 2.05) is 24.3 Å². The minimum absolute atomic E-state index is 0.177. The molecule has 0 unspecified atom stereocenters. The third-order valence-corrected chi connectivity index (χ3v) is 7.81. The predicted molar refractivity (Wildman–Crippen MR) is 200 cm³/mol. The van der Waals surface area contributed by atoms with Crippen LogP contribution in [0.4, 0.5) is 0 Å². The molecule has 0 bridgehead atoms. The summed E-state index contributed by atoms with van der Waals surface area (Å²) in [5.41, 5.74) is 11.4. The zero-order chi connectivity index (χ0) is 34.3. The zero-order valence-electron chi connectivity index (χ0n) is 30.0. The Labute approximate surface area is 297 Å². The van der Waals surface area contributed by atoms with Gasteiger partial charge in [0.15, 0.2) is 0 Å². The van der Waals surface area contributed by atoms with E-state index >= 15 is 0 Å². The molecule has 0 spiro atoms. The van der Waals surface area contributed by atoms with Crippen molar-refractivity contribution in [1.82, 2.24) is 0 Å². The van der Waals surface area contributed by atoms with Gasteiger partial charge in [0.05, 0.1) is 0 Å². The van der Waals surface area contributed by atoms with Crippen molar-refractivity contribution in [2.45, 2.75) is 92.9 Å². The van der Waals surface area contributed by atoms with Gasteiger partial charge in [-0.3, -0.25) is 6.08 Å². The van der Waals surface area contributed by atoms with Crippen molar-refractivity contribution in [2.24, 2.45) is 0 Å². The molecule has 0 heterocycles. The van der Waals surface area contributed by atoms with E-state index in [2.05, 4.69) is 171 Å². The molecule has 0 nitrogen and oxygen atoms in total. The summed E-state index contributed by atoms with van der Waals surface area (Å²) in [7, 11) is 0. The fraction of sp³-hybridized carbons (Fsp3) is 0.311. The van der Waals surface area contributed by atoms with Gasteiger partial charge in [-0.2, -0.15) is 82.6 Å². The number of fused-ring (bicyclic) bond motifs is 3. The Hall–Kier alpha value is -3.15. The van der Waals surface area contributed by atoms with Crippen LogP contribution in [-0.4, -0.2) is 4.21 Å². The molecule has 4 aromatic carbocycles. The number of allylic oxidation sites excluding steroid dienone is 4. The van der Waals surface area contributed by atoms with Crippen LogP contribution in [0.5, 0.6) is 0 Å². The second kappa shape index (κ2) is 18.9. The quantitative estimate of drug-likeness (QED) is 0.162. The van der Waals surface area contributed by atoms with Crippen molar-refractivity contribution in [1.29, 1.82) is 0 Å². The Kier molecular flexibility index (Phi) is 16.0. The van der Waals surface area contributed by atoms with Crippen LogP contribution in [0.1, 0.15) is 109 Å². The van der Waals surface area contributed by atoms with Crippen molar-refractivity contribution in [3.8, 4) is 11.1 Å². The van der Waals surface area contributed by atoms with Crippen LogP contribution in [0, 0.1) is 24.0 Å². The van der Waals surface area contributed by atoms with Gasteiger partial charge in [0, 0.05) is 0 Å². The summed E-state index contributed by atoms with van der Waals surface area (Å²) in [5.74, 6) is 2.74. The van der Waals surface area contributed by atoms with Gasteiger partial charge in [0.2, 0.25) is 0 Å². The van der Waals surface area contributed by atoms with Crippen LogP contribution in [0.2, 0.25) is 0 Å². The van der Waals surface area contributed by atoms with Crippen LogP contribution in [0.15, 0.2) is 109 Å². The van der Waals surface area contributed by atoms with Crippen molar-refractivity contribution in [3.05, 3.63) is 167 Å². The van der Waals surface area contributed by atoms with Crippen molar-refractivity contribution in [2.75, 3.05) is 0 Å². The summed E-state index contributed by atoms with van der Waals surface area (Å²) in [6.45, 7) is 22.1.